The van der Waals surface area contributed by atoms with Crippen LogP contribution in [0.1, 0.15) is 20.8 Å². The van der Waals surface area contributed by atoms with E-state index in [-0.39, 0.29) is 0 Å². The third-order valence-corrected chi connectivity index (χ3v) is 2.72. The molecule has 3 N–H and O–H groups in total. The summed E-state index contributed by atoms with van der Waals surface area (Å²) in [5.41, 5.74) is -2.39. The number of carbonyl (C=O) groups is 2. The Labute approximate surface area is 141 Å². The van der Waals surface area contributed by atoms with Gasteiger partial charge in [0, 0.05) is 12.6 Å². The highest BCUT2D eigenvalue weighted by molar-refractivity contribution is 5.80. The Morgan fingerprint density at radius 2 is 1.92 bits per heavy atom. The molecule has 0 aliphatic rings. The van der Waals surface area contributed by atoms with Crippen LogP contribution in [0, 0.1) is 21.7 Å². The predicted molar refractivity (Wildman–Crippen MR) is 82.3 cm³/mol. The van der Waals surface area contributed by atoms with E-state index in [1.165, 1.54) is 0 Å². The molecule has 0 aromatic heterocycles. The Balaban J connectivity index is 2.82. The number of hydrogen-bond donors (Lipinski definition) is 3. The number of amides is 1. The smallest absolute Gasteiger partial charge is 0.408 e. The number of carboxylic acids is 1. The van der Waals surface area contributed by atoms with Crippen molar-refractivity contribution in [1.29, 1.82) is 0 Å². The van der Waals surface area contributed by atoms with Gasteiger partial charge in [0.05, 0.1) is 16.7 Å². The van der Waals surface area contributed by atoms with E-state index in [1.54, 1.807) is 20.8 Å². The molecule has 0 fully saturated rings. The van der Waals surface area contributed by atoms with Crippen LogP contribution in [0.3, 0.4) is 0 Å². The van der Waals surface area contributed by atoms with Crippen LogP contribution in [-0.2, 0) is 9.53 Å². The Kier molecular flexibility index (Phi) is 6.20. The topological polar surface area (TPSA) is 131 Å². The minimum atomic E-state index is -1.51. The zero-order valence-corrected chi connectivity index (χ0v) is 13.6. The second kappa shape index (κ2) is 7.73. The summed E-state index contributed by atoms with van der Waals surface area (Å²) in [5.74, 6) is -3.88. The number of nitro groups is 1. The number of nitrogens with zero attached hydrogens (tertiary/aromatic N) is 1. The van der Waals surface area contributed by atoms with Gasteiger partial charge in [-0.3, -0.25) is 10.1 Å². The summed E-state index contributed by atoms with van der Waals surface area (Å²) >= 11 is 0. The molecule has 138 valence electrons. The summed E-state index contributed by atoms with van der Waals surface area (Å²) in [7, 11) is 0. The van der Waals surface area contributed by atoms with Crippen LogP contribution in [0.5, 0.6) is 0 Å². The van der Waals surface area contributed by atoms with Gasteiger partial charge in [-0.05, 0) is 20.8 Å². The monoisotopic (exact) mass is 361 g/mol. The molecular weight excluding hydrogens is 344 g/mol. The van der Waals surface area contributed by atoms with E-state index < -0.39 is 58.2 Å². The lowest BCUT2D eigenvalue weighted by atomic mass is 10.2. The van der Waals surface area contributed by atoms with Crippen molar-refractivity contribution >= 4 is 23.4 Å². The van der Waals surface area contributed by atoms with Gasteiger partial charge in [-0.2, -0.15) is 4.39 Å². The fourth-order valence-corrected chi connectivity index (χ4v) is 1.67. The van der Waals surface area contributed by atoms with E-state index in [4.69, 9.17) is 9.84 Å². The SMILES string of the molecule is CC(C)(C)OC(=O)N[C@@H](CNc1cc(F)c([N+](=O)[O-])cc1F)C(=O)O. The Bertz CT molecular complexity index is 690. The van der Waals surface area contributed by atoms with Gasteiger partial charge >= 0.3 is 17.7 Å². The average Bonchev–Trinajstić information content (AvgIpc) is 2.43. The number of alkyl carbamates (subject to hydrolysis) is 1. The van der Waals surface area contributed by atoms with Crippen LogP contribution >= 0.6 is 0 Å². The summed E-state index contributed by atoms with van der Waals surface area (Å²) in [6.45, 7) is 4.23. The molecule has 0 saturated heterocycles. The first-order valence-corrected chi connectivity index (χ1v) is 7.00. The molecule has 0 spiro atoms. The highest BCUT2D eigenvalue weighted by Gasteiger charge is 2.25. The quantitative estimate of drug-likeness (QED) is 0.523. The van der Waals surface area contributed by atoms with Crippen LogP contribution in [-0.4, -0.2) is 40.3 Å². The van der Waals surface area contributed by atoms with E-state index in [0.717, 1.165) is 0 Å². The Morgan fingerprint density at radius 3 is 2.40 bits per heavy atom. The molecule has 11 heteroatoms. The van der Waals surface area contributed by atoms with Gasteiger partial charge in [0.15, 0.2) is 5.82 Å². The van der Waals surface area contributed by atoms with Crippen molar-refractivity contribution in [3.8, 4) is 0 Å². The molecule has 0 unspecified atom stereocenters. The van der Waals surface area contributed by atoms with Gasteiger partial charge in [-0.15, -0.1) is 0 Å². The summed E-state index contributed by atoms with van der Waals surface area (Å²) in [5, 5.41) is 23.9. The maximum absolute atomic E-state index is 13.7. The number of carboxylic acid groups (broad SMARTS) is 1. The second-order valence-corrected chi connectivity index (χ2v) is 5.96. The molecule has 9 nitrogen and oxygen atoms in total. The zero-order chi connectivity index (χ0) is 19.4. The van der Waals surface area contributed by atoms with Gasteiger partial charge in [-0.1, -0.05) is 0 Å². The first kappa shape index (κ1) is 20.1. The van der Waals surface area contributed by atoms with Crippen LogP contribution in [0.15, 0.2) is 12.1 Å². The maximum atomic E-state index is 13.7. The van der Waals surface area contributed by atoms with Crippen molar-refractivity contribution < 1.29 is 33.1 Å². The number of aliphatic carboxylic acids is 1. The molecule has 0 heterocycles. The van der Waals surface area contributed by atoms with Crippen molar-refractivity contribution in [2.75, 3.05) is 11.9 Å². The van der Waals surface area contributed by atoms with E-state index in [1.807, 2.05) is 0 Å². The minimum Gasteiger partial charge on any atom is -0.480 e. The van der Waals surface area contributed by atoms with Crippen molar-refractivity contribution in [3.63, 3.8) is 0 Å². The number of anilines is 1. The second-order valence-electron chi connectivity index (χ2n) is 5.96. The van der Waals surface area contributed by atoms with E-state index in [9.17, 15) is 28.5 Å². The highest BCUT2D eigenvalue weighted by atomic mass is 19.1. The van der Waals surface area contributed by atoms with Crippen LogP contribution in [0.2, 0.25) is 0 Å². The standard InChI is InChI=1S/C14H17F2N3O6/c1-14(2,3)25-13(22)18-10(12(20)21)6-17-9-4-8(16)11(19(23)24)5-7(9)15/h4-5,10,17H,6H2,1-3H3,(H,18,22)(H,20,21)/t10-/m0/s1. The first-order valence-electron chi connectivity index (χ1n) is 7.00. The van der Waals surface area contributed by atoms with Crippen molar-refractivity contribution in [3.05, 3.63) is 33.9 Å². The van der Waals surface area contributed by atoms with E-state index in [0.29, 0.717) is 12.1 Å². The number of rotatable bonds is 6. The zero-order valence-electron chi connectivity index (χ0n) is 13.6. The van der Waals surface area contributed by atoms with Crippen molar-refractivity contribution in [2.45, 2.75) is 32.4 Å². The van der Waals surface area contributed by atoms with Crippen LogP contribution in [0.25, 0.3) is 0 Å². The molecular formula is C14H17F2N3O6. The largest absolute Gasteiger partial charge is 0.480 e. The Morgan fingerprint density at radius 1 is 1.32 bits per heavy atom. The number of halogens is 2. The summed E-state index contributed by atoms with van der Waals surface area (Å²) in [6.07, 6.45) is -1.00. The molecule has 1 atom stereocenters. The van der Waals surface area contributed by atoms with Crippen LogP contribution in [0.4, 0.5) is 25.0 Å². The number of hydrogen-bond acceptors (Lipinski definition) is 6. The lowest BCUT2D eigenvalue weighted by molar-refractivity contribution is -0.387. The molecule has 1 rings (SSSR count). The molecule has 1 aromatic carbocycles. The lowest BCUT2D eigenvalue weighted by Crippen LogP contribution is -2.47. The molecule has 0 saturated carbocycles. The van der Waals surface area contributed by atoms with Crippen molar-refractivity contribution in [2.24, 2.45) is 0 Å². The first-order chi connectivity index (χ1) is 11.4. The molecule has 0 bridgehead atoms. The number of ether oxygens (including phenoxy) is 1. The van der Waals surface area contributed by atoms with Gasteiger partial charge in [0.1, 0.15) is 11.6 Å². The fourth-order valence-electron chi connectivity index (χ4n) is 1.67. The van der Waals surface area contributed by atoms with E-state index in [2.05, 4.69) is 10.6 Å². The molecule has 0 aliphatic carbocycles. The van der Waals surface area contributed by atoms with Crippen molar-refractivity contribution in [1.82, 2.24) is 5.32 Å². The molecule has 1 amide bonds. The third kappa shape index (κ3) is 6.20. The van der Waals surface area contributed by atoms with Gasteiger partial charge < -0.3 is 20.5 Å². The molecule has 0 aliphatic heterocycles. The Hall–Kier alpha value is -2.98. The number of carbonyl (C=O) groups excluding carboxylic acids is 1. The number of nitro benzene ring substituents is 1. The van der Waals surface area contributed by atoms with Gasteiger partial charge in [-0.25, -0.2) is 14.0 Å². The van der Waals surface area contributed by atoms with Crippen LogP contribution < -0.4 is 10.6 Å². The summed E-state index contributed by atoms with van der Waals surface area (Å²) < 4.78 is 32.1. The number of nitrogens with one attached hydrogen (secondary N) is 2. The number of benzene rings is 1. The molecule has 1 aromatic rings. The third-order valence-electron chi connectivity index (χ3n) is 2.72. The molecule has 25 heavy (non-hydrogen) atoms. The average molecular weight is 361 g/mol. The maximum Gasteiger partial charge on any atom is 0.408 e. The summed E-state index contributed by atoms with van der Waals surface area (Å²) in [4.78, 5) is 32.2. The fraction of sp³-hybridized carbons (Fsp3) is 0.429. The highest BCUT2D eigenvalue weighted by Crippen LogP contribution is 2.24. The van der Waals surface area contributed by atoms with Gasteiger partial charge in [0.25, 0.3) is 0 Å². The predicted octanol–water partition coefficient (Wildman–Crippen LogP) is 2.26. The van der Waals surface area contributed by atoms with Gasteiger partial charge in [0.2, 0.25) is 5.82 Å². The van der Waals surface area contributed by atoms with E-state index >= 15 is 0 Å². The summed E-state index contributed by atoms with van der Waals surface area (Å²) in [6, 6.07) is -0.610. The lowest BCUT2D eigenvalue weighted by Gasteiger charge is -2.22. The normalized spacial score (nSPS) is 12.2. The molecule has 0 radical (unpaired) electrons. The minimum absolute atomic E-state index is 0.370.